The van der Waals surface area contributed by atoms with Crippen molar-refractivity contribution in [3.05, 3.63) is 21.8 Å². The van der Waals surface area contributed by atoms with Crippen LogP contribution in [0.4, 0.5) is 5.95 Å². The number of fused-ring (bicyclic) bond motifs is 1. The van der Waals surface area contributed by atoms with Crippen molar-refractivity contribution in [2.24, 2.45) is 7.05 Å². The van der Waals surface area contributed by atoms with Crippen LogP contribution in [0.5, 0.6) is 0 Å². The van der Waals surface area contributed by atoms with E-state index in [9.17, 15) is 4.79 Å². The van der Waals surface area contributed by atoms with Gasteiger partial charge in [-0.2, -0.15) is 0 Å². The van der Waals surface area contributed by atoms with Gasteiger partial charge in [0, 0.05) is 26.3 Å². The molecule has 0 saturated carbocycles. The number of aromatic nitrogens is 2. The van der Waals surface area contributed by atoms with Gasteiger partial charge in [0.15, 0.2) is 0 Å². The predicted molar refractivity (Wildman–Crippen MR) is 72.3 cm³/mol. The van der Waals surface area contributed by atoms with E-state index in [1.165, 1.54) is 11.3 Å². The summed E-state index contributed by atoms with van der Waals surface area (Å²) in [5.41, 5.74) is 0.794. The predicted octanol–water partition coefficient (Wildman–Crippen LogP) is 1.59. The summed E-state index contributed by atoms with van der Waals surface area (Å²) in [6.45, 7) is 1.54. The second kappa shape index (κ2) is 4.70. The summed E-state index contributed by atoms with van der Waals surface area (Å²) in [4.78, 5) is 16.6. The van der Waals surface area contributed by atoms with Crippen molar-refractivity contribution in [2.75, 3.05) is 18.5 Å². The molecule has 0 unspecified atom stereocenters. The van der Waals surface area contributed by atoms with Crippen molar-refractivity contribution in [1.29, 1.82) is 0 Å². The van der Waals surface area contributed by atoms with Gasteiger partial charge in [-0.1, -0.05) is 0 Å². The van der Waals surface area contributed by atoms with Crippen LogP contribution < -0.4 is 10.9 Å². The summed E-state index contributed by atoms with van der Waals surface area (Å²) >= 11 is 1.44. The molecule has 96 valence electrons. The van der Waals surface area contributed by atoms with Gasteiger partial charge >= 0.3 is 0 Å². The molecule has 0 amide bonds. The first-order valence-corrected chi connectivity index (χ1v) is 6.92. The smallest absolute Gasteiger partial charge is 0.272 e. The van der Waals surface area contributed by atoms with Gasteiger partial charge in [0.05, 0.1) is 5.52 Å². The molecule has 1 fully saturated rings. The van der Waals surface area contributed by atoms with Crippen LogP contribution >= 0.6 is 11.3 Å². The van der Waals surface area contributed by atoms with Crippen molar-refractivity contribution in [1.82, 2.24) is 9.55 Å². The lowest BCUT2D eigenvalue weighted by Crippen LogP contribution is -2.31. The van der Waals surface area contributed by atoms with E-state index in [0.717, 1.165) is 36.3 Å². The van der Waals surface area contributed by atoms with Gasteiger partial charge in [-0.25, -0.2) is 4.98 Å². The van der Waals surface area contributed by atoms with E-state index in [2.05, 4.69) is 10.3 Å². The monoisotopic (exact) mass is 265 g/mol. The van der Waals surface area contributed by atoms with Gasteiger partial charge in [-0.05, 0) is 24.3 Å². The van der Waals surface area contributed by atoms with E-state index in [0.29, 0.717) is 12.0 Å². The summed E-state index contributed by atoms with van der Waals surface area (Å²) < 4.78 is 7.63. The molecular weight excluding hydrogens is 250 g/mol. The highest BCUT2D eigenvalue weighted by atomic mass is 32.1. The molecule has 0 spiro atoms. The number of ether oxygens (including phenoxy) is 1. The molecule has 1 aliphatic heterocycles. The number of anilines is 1. The maximum absolute atomic E-state index is 12.1. The molecular formula is C12H15N3O2S. The first-order valence-electron chi connectivity index (χ1n) is 6.04. The summed E-state index contributed by atoms with van der Waals surface area (Å²) in [5.74, 6) is 0.651. The van der Waals surface area contributed by atoms with Gasteiger partial charge in [-0.3, -0.25) is 9.36 Å². The molecule has 0 aliphatic carbocycles. The zero-order chi connectivity index (χ0) is 12.5. The molecule has 0 bridgehead atoms. The third kappa shape index (κ3) is 2.02. The Bertz CT molecular complexity index is 613. The van der Waals surface area contributed by atoms with Gasteiger partial charge in [0.2, 0.25) is 5.95 Å². The minimum Gasteiger partial charge on any atom is -0.381 e. The highest BCUT2D eigenvalue weighted by Gasteiger charge is 2.16. The average molecular weight is 265 g/mol. The van der Waals surface area contributed by atoms with Crippen molar-refractivity contribution in [3.63, 3.8) is 0 Å². The lowest BCUT2D eigenvalue weighted by molar-refractivity contribution is 0.0902. The highest BCUT2D eigenvalue weighted by Crippen LogP contribution is 2.18. The van der Waals surface area contributed by atoms with E-state index < -0.39 is 0 Å². The Morgan fingerprint density at radius 1 is 1.50 bits per heavy atom. The first kappa shape index (κ1) is 11.7. The highest BCUT2D eigenvalue weighted by molar-refractivity contribution is 7.17. The number of hydrogen-bond donors (Lipinski definition) is 1. The van der Waals surface area contributed by atoms with Crippen LogP contribution in [0.2, 0.25) is 0 Å². The molecule has 18 heavy (non-hydrogen) atoms. The zero-order valence-corrected chi connectivity index (χ0v) is 11.0. The molecule has 1 aliphatic rings. The topological polar surface area (TPSA) is 56.1 Å². The fourth-order valence-corrected chi connectivity index (χ4v) is 2.95. The second-order valence-corrected chi connectivity index (χ2v) is 5.38. The van der Waals surface area contributed by atoms with Crippen LogP contribution in [0.3, 0.4) is 0 Å². The molecule has 0 atom stereocenters. The molecule has 0 aromatic carbocycles. The standard InChI is InChI=1S/C12H15N3O2S/c1-15-11(16)10-9(4-7-18-10)14-12(15)13-8-2-5-17-6-3-8/h4,7-8H,2-3,5-6H2,1H3,(H,13,14). The SMILES string of the molecule is Cn1c(NC2CCOCC2)nc2ccsc2c1=O. The number of hydrogen-bond acceptors (Lipinski definition) is 5. The summed E-state index contributed by atoms with van der Waals surface area (Å²) in [5, 5.41) is 5.25. The molecule has 2 aromatic heterocycles. The van der Waals surface area contributed by atoms with Gasteiger partial charge in [-0.15, -0.1) is 11.3 Å². The van der Waals surface area contributed by atoms with Crippen LogP contribution in [-0.2, 0) is 11.8 Å². The summed E-state index contributed by atoms with van der Waals surface area (Å²) in [6.07, 6.45) is 1.91. The molecule has 0 radical (unpaired) electrons. The first-order chi connectivity index (χ1) is 8.75. The average Bonchev–Trinajstić information content (AvgIpc) is 2.85. The Morgan fingerprint density at radius 2 is 2.28 bits per heavy atom. The Labute approximate surface area is 108 Å². The Morgan fingerprint density at radius 3 is 3.06 bits per heavy atom. The molecule has 6 heteroatoms. The van der Waals surface area contributed by atoms with Crippen LogP contribution in [0.25, 0.3) is 10.2 Å². The Hall–Kier alpha value is -1.40. The molecule has 1 N–H and O–H groups in total. The normalized spacial score (nSPS) is 17.2. The maximum atomic E-state index is 12.1. The summed E-state index contributed by atoms with van der Waals surface area (Å²) in [6, 6.07) is 2.23. The minimum atomic E-state index is 0.0181. The van der Waals surface area contributed by atoms with Crippen LogP contribution in [0.1, 0.15) is 12.8 Å². The minimum absolute atomic E-state index is 0.0181. The van der Waals surface area contributed by atoms with E-state index >= 15 is 0 Å². The number of nitrogens with zero attached hydrogens (tertiary/aromatic N) is 2. The Kier molecular flexibility index (Phi) is 3.05. The third-order valence-corrected chi connectivity index (χ3v) is 4.13. The Balaban J connectivity index is 1.95. The zero-order valence-electron chi connectivity index (χ0n) is 10.2. The van der Waals surface area contributed by atoms with E-state index in [4.69, 9.17) is 4.74 Å². The van der Waals surface area contributed by atoms with Crippen molar-refractivity contribution < 1.29 is 4.74 Å². The quantitative estimate of drug-likeness (QED) is 0.896. The number of nitrogens with one attached hydrogen (secondary N) is 1. The molecule has 5 nitrogen and oxygen atoms in total. The number of rotatable bonds is 2. The van der Waals surface area contributed by atoms with Crippen molar-refractivity contribution >= 4 is 27.5 Å². The largest absolute Gasteiger partial charge is 0.381 e. The summed E-state index contributed by atoms with van der Waals surface area (Å²) in [7, 11) is 1.76. The molecule has 3 heterocycles. The second-order valence-electron chi connectivity index (χ2n) is 4.47. The van der Waals surface area contributed by atoms with E-state index in [1.54, 1.807) is 11.6 Å². The van der Waals surface area contributed by atoms with Crippen molar-refractivity contribution in [2.45, 2.75) is 18.9 Å². The number of thiophene rings is 1. The van der Waals surface area contributed by atoms with Crippen LogP contribution in [0, 0.1) is 0 Å². The fourth-order valence-electron chi connectivity index (χ4n) is 2.14. The third-order valence-electron chi connectivity index (χ3n) is 3.24. The molecule has 1 saturated heterocycles. The lowest BCUT2D eigenvalue weighted by atomic mass is 10.1. The fraction of sp³-hybridized carbons (Fsp3) is 0.500. The van der Waals surface area contributed by atoms with Crippen molar-refractivity contribution in [3.8, 4) is 0 Å². The maximum Gasteiger partial charge on any atom is 0.272 e. The lowest BCUT2D eigenvalue weighted by Gasteiger charge is -2.24. The van der Waals surface area contributed by atoms with Gasteiger partial charge < -0.3 is 10.1 Å². The van der Waals surface area contributed by atoms with E-state index in [1.807, 2.05) is 11.4 Å². The van der Waals surface area contributed by atoms with Gasteiger partial charge in [0.25, 0.3) is 5.56 Å². The molecule has 3 rings (SSSR count). The van der Waals surface area contributed by atoms with Crippen LogP contribution in [-0.4, -0.2) is 28.8 Å². The van der Waals surface area contributed by atoms with Gasteiger partial charge in [0.1, 0.15) is 4.70 Å². The van der Waals surface area contributed by atoms with E-state index in [-0.39, 0.29) is 5.56 Å². The van der Waals surface area contributed by atoms with Crippen LogP contribution in [0.15, 0.2) is 16.2 Å². The molecule has 2 aromatic rings.